The number of aliphatic hydroxyl groups is 1. The quantitative estimate of drug-likeness (QED) is 0.590. The van der Waals surface area contributed by atoms with E-state index in [4.69, 9.17) is 10.5 Å². The summed E-state index contributed by atoms with van der Waals surface area (Å²) >= 11 is 0. The Hall–Kier alpha value is -1.80. The van der Waals surface area contributed by atoms with Crippen LogP contribution in [0.4, 0.5) is 11.5 Å². The maximum absolute atomic E-state index is 12.1. The molecule has 0 saturated heterocycles. The number of nitrogens with zero attached hydrogens (tertiary/aromatic N) is 2. The Balaban J connectivity index is 3.32. The van der Waals surface area contributed by atoms with E-state index in [1.54, 1.807) is 0 Å². The van der Waals surface area contributed by atoms with Crippen molar-refractivity contribution in [2.45, 2.75) is 25.9 Å². The number of rotatable bonds is 7. The zero-order valence-corrected chi connectivity index (χ0v) is 12.0. The van der Waals surface area contributed by atoms with Gasteiger partial charge >= 0.3 is 5.69 Å². The third kappa shape index (κ3) is 3.20. The van der Waals surface area contributed by atoms with E-state index in [-0.39, 0.29) is 24.7 Å². The lowest BCUT2D eigenvalue weighted by atomic mass is 10.3. The van der Waals surface area contributed by atoms with Gasteiger partial charge in [-0.15, -0.1) is 0 Å². The summed E-state index contributed by atoms with van der Waals surface area (Å²) in [6.07, 6.45) is 0.712. The molecule has 4 N–H and O–H groups in total. The van der Waals surface area contributed by atoms with E-state index in [2.05, 4.69) is 5.32 Å². The maximum Gasteiger partial charge on any atom is 0.332 e. The van der Waals surface area contributed by atoms with Gasteiger partial charge in [0.15, 0.2) is 0 Å². The van der Waals surface area contributed by atoms with Gasteiger partial charge in [0.05, 0.1) is 19.3 Å². The van der Waals surface area contributed by atoms with E-state index in [0.717, 1.165) is 4.57 Å². The number of ether oxygens (including phenoxy) is 1. The zero-order chi connectivity index (χ0) is 15.3. The molecule has 8 heteroatoms. The largest absolute Gasteiger partial charge is 0.394 e. The van der Waals surface area contributed by atoms with Gasteiger partial charge in [-0.05, 0) is 6.42 Å². The SMILES string of the molecule is CCCn1c(N)c(NC(CO)COC)c(=O)n(C)c1=O. The van der Waals surface area contributed by atoms with Crippen molar-refractivity contribution in [2.24, 2.45) is 7.05 Å². The summed E-state index contributed by atoms with van der Waals surface area (Å²) in [5.41, 5.74) is 5.04. The number of methoxy groups -OCH3 is 1. The van der Waals surface area contributed by atoms with E-state index in [9.17, 15) is 14.7 Å². The van der Waals surface area contributed by atoms with Gasteiger partial charge < -0.3 is 20.9 Å². The molecule has 0 aromatic carbocycles. The molecule has 20 heavy (non-hydrogen) atoms. The number of hydrogen-bond acceptors (Lipinski definition) is 6. The molecule has 1 atom stereocenters. The van der Waals surface area contributed by atoms with Crippen molar-refractivity contribution in [2.75, 3.05) is 31.4 Å². The summed E-state index contributed by atoms with van der Waals surface area (Å²) in [7, 11) is 2.88. The molecule has 0 aliphatic rings. The molecular weight excluding hydrogens is 264 g/mol. The van der Waals surface area contributed by atoms with Crippen molar-refractivity contribution in [3.8, 4) is 0 Å². The molecule has 1 rings (SSSR count). The fourth-order valence-corrected chi connectivity index (χ4v) is 1.90. The Morgan fingerprint density at radius 3 is 2.60 bits per heavy atom. The molecule has 8 nitrogen and oxygen atoms in total. The second kappa shape index (κ2) is 7.11. The molecule has 0 spiro atoms. The topological polar surface area (TPSA) is 112 Å². The molecule has 0 aliphatic carbocycles. The van der Waals surface area contributed by atoms with Crippen LogP contribution in [0.25, 0.3) is 0 Å². The van der Waals surface area contributed by atoms with E-state index in [1.807, 2.05) is 6.92 Å². The van der Waals surface area contributed by atoms with Gasteiger partial charge in [-0.3, -0.25) is 13.9 Å². The lowest BCUT2D eigenvalue weighted by molar-refractivity contribution is 0.153. The van der Waals surface area contributed by atoms with Gasteiger partial charge in [0.1, 0.15) is 11.5 Å². The van der Waals surface area contributed by atoms with Crippen molar-refractivity contribution < 1.29 is 9.84 Å². The molecule has 0 radical (unpaired) electrons. The van der Waals surface area contributed by atoms with Crippen LogP contribution in [0.5, 0.6) is 0 Å². The van der Waals surface area contributed by atoms with Gasteiger partial charge in [-0.2, -0.15) is 0 Å². The smallest absolute Gasteiger partial charge is 0.332 e. The number of hydrogen-bond donors (Lipinski definition) is 3. The van der Waals surface area contributed by atoms with Crippen LogP contribution in [-0.2, 0) is 18.3 Å². The number of nitrogen functional groups attached to an aromatic ring is 1. The third-order valence-corrected chi connectivity index (χ3v) is 2.97. The fourth-order valence-electron chi connectivity index (χ4n) is 1.90. The van der Waals surface area contributed by atoms with Gasteiger partial charge in [-0.25, -0.2) is 4.79 Å². The predicted molar refractivity (Wildman–Crippen MR) is 77.0 cm³/mol. The van der Waals surface area contributed by atoms with E-state index < -0.39 is 17.3 Å². The number of anilines is 2. The van der Waals surface area contributed by atoms with Crippen LogP contribution in [0.15, 0.2) is 9.59 Å². The van der Waals surface area contributed by atoms with Crippen LogP contribution in [0.3, 0.4) is 0 Å². The van der Waals surface area contributed by atoms with Crippen LogP contribution in [-0.4, -0.2) is 40.6 Å². The highest BCUT2D eigenvalue weighted by atomic mass is 16.5. The van der Waals surface area contributed by atoms with Gasteiger partial charge in [0, 0.05) is 20.7 Å². The Bertz CT molecular complexity index is 564. The van der Waals surface area contributed by atoms with Crippen LogP contribution in [0.2, 0.25) is 0 Å². The first kappa shape index (κ1) is 16.3. The molecule has 1 aromatic rings. The first-order valence-corrected chi connectivity index (χ1v) is 6.43. The molecule has 0 bridgehead atoms. The Morgan fingerprint density at radius 1 is 1.45 bits per heavy atom. The van der Waals surface area contributed by atoms with Gasteiger partial charge in [0.2, 0.25) is 0 Å². The van der Waals surface area contributed by atoms with Gasteiger partial charge in [0.25, 0.3) is 5.56 Å². The zero-order valence-electron chi connectivity index (χ0n) is 12.0. The van der Waals surface area contributed by atoms with Crippen LogP contribution in [0, 0.1) is 0 Å². The number of nitrogens with two attached hydrogens (primary N) is 1. The Morgan fingerprint density at radius 2 is 2.10 bits per heavy atom. The first-order valence-electron chi connectivity index (χ1n) is 6.43. The summed E-state index contributed by atoms with van der Waals surface area (Å²) in [6.45, 7) is 2.32. The fraction of sp³-hybridized carbons (Fsp3) is 0.667. The van der Waals surface area contributed by atoms with Crippen LogP contribution in [0.1, 0.15) is 13.3 Å². The normalized spacial score (nSPS) is 12.4. The summed E-state index contributed by atoms with van der Waals surface area (Å²) in [6, 6.07) is -0.470. The molecule has 114 valence electrons. The standard InChI is InChI=1S/C12H22N4O4/c1-4-5-16-10(13)9(11(18)15(2)12(16)19)14-8(6-17)7-20-3/h8,14,17H,4-7,13H2,1-3H3. The number of aromatic nitrogens is 2. The summed E-state index contributed by atoms with van der Waals surface area (Å²) in [5.74, 6) is 0.0782. The average Bonchev–Trinajstić information content (AvgIpc) is 2.44. The highest BCUT2D eigenvalue weighted by Gasteiger charge is 2.17. The first-order chi connectivity index (χ1) is 9.47. The molecular formula is C12H22N4O4. The Kier molecular flexibility index (Phi) is 5.78. The lowest BCUT2D eigenvalue weighted by Gasteiger charge is -2.20. The summed E-state index contributed by atoms with van der Waals surface area (Å²) in [5, 5.41) is 12.1. The second-order valence-electron chi connectivity index (χ2n) is 4.54. The molecule has 1 heterocycles. The minimum atomic E-state index is -0.519. The van der Waals surface area contributed by atoms with Crippen molar-refractivity contribution in [3.63, 3.8) is 0 Å². The van der Waals surface area contributed by atoms with E-state index >= 15 is 0 Å². The lowest BCUT2D eigenvalue weighted by Crippen LogP contribution is -2.42. The molecule has 0 amide bonds. The summed E-state index contributed by atoms with van der Waals surface area (Å²) < 4.78 is 7.27. The highest BCUT2D eigenvalue weighted by Crippen LogP contribution is 2.12. The molecule has 1 aromatic heterocycles. The van der Waals surface area contributed by atoms with E-state index in [0.29, 0.717) is 13.0 Å². The maximum atomic E-state index is 12.1. The van der Waals surface area contributed by atoms with Crippen LogP contribution < -0.4 is 22.3 Å². The van der Waals surface area contributed by atoms with E-state index in [1.165, 1.54) is 18.7 Å². The van der Waals surface area contributed by atoms with Crippen LogP contribution >= 0.6 is 0 Å². The highest BCUT2D eigenvalue weighted by molar-refractivity contribution is 5.61. The minimum absolute atomic E-state index is 0.0782. The Labute approximate surface area is 116 Å². The second-order valence-corrected chi connectivity index (χ2v) is 4.54. The number of aliphatic hydroxyl groups excluding tert-OH is 1. The van der Waals surface area contributed by atoms with Crippen molar-refractivity contribution in [1.29, 1.82) is 0 Å². The monoisotopic (exact) mass is 286 g/mol. The minimum Gasteiger partial charge on any atom is -0.394 e. The van der Waals surface area contributed by atoms with Crippen molar-refractivity contribution >= 4 is 11.5 Å². The molecule has 0 fully saturated rings. The van der Waals surface area contributed by atoms with Gasteiger partial charge in [-0.1, -0.05) is 6.92 Å². The molecule has 0 aliphatic heterocycles. The third-order valence-electron chi connectivity index (χ3n) is 2.97. The molecule has 1 unspecified atom stereocenters. The van der Waals surface area contributed by atoms with Crippen molar-refractivity contribution in [1.82, 2.24) is 9.13 Å². The predicted octanol–water partition coefficient (Wildman–Crippen LogP) is -1.04. The number of nitrogens with one attached hydrogen (secondary N) is 1. The van der Waals surface area contributed by atoms with Crippen molar-refractivity contribution in [3.05, 3.63) is 20.8 Å². The summed E-state index contributed by atoms with van der Waals surface area (Å²) in [4.78, 5) is 24.1. The molecule has 0 saturated carbocycles. The average molecular weight is 286 g/mol.